The summed E-state index contributed by atoms with van der Waals surface area (Å²) in [6.45, 7) is 1.94. The van der Waals surface area contributed by atoms with Crippen LogP contribution in [0.5, 0.6) is 0 Å². The molecule has 0 aliphatic carbocycles. The molecule has 2 rings (SSSR count). The number of hydrogen-bond donors (Lipinski definition) is 2. The molecule has 0 aliphatic heterocycles. The van der Waals surface area contributed by atoms with Crippen molar-refractivity contribution >= 4 is 11.4 Å². The lowest BCUT2D eigenvalue weighted by Crippen LogP contribution is -2.05. The van der Waals surface area contributed by atoms with E-state index >= 15 is 0 Å². The van der Waals surface area contributed by atoms with E-state index in [1.807, 2.05) is 42.7 Å². The average molecular weight is 258 g/mol. The second-order valence-corrected chi connectivity index (χ2v) is 4.24. The number of para-hydroxylation sites is 1. The molecule has 0 spiro atoms. The Morgan fingerprint density at radius 2 is 1.84 bits per heavy atom. The largest absolute Gasteiger partial charge is 0.294 e. The summed E-state index contributed by atoms with van der Waals surface area (Å²) in [7, 11) is 0. The molecule has 0 bridgehead atoms. The molecule has 2 aromatic carbocycles. The third-order valence-corrected chi connectivity index (χ3v) is 3.15. The summed E-state index contributed by atoms with van der Waals surface area (Å²) < 4.78 is 0. The molecule has 0 radical (unpaired) electrons. The van der Waals surface area contributed by atoms with E-state index in [9.17, 15) is 15.3 Å². The zero-order valence-electron chi connectivity index (χ0n) is 10.4. The van der Waals surface area contributed by atoms with Crippen LogP contribution in [-0.4, -0.2) is 10.1 Å². The third kappa shape index (κ3) is 2.56. The van der Waals surface area contributed by atoms with Crippen molar-refractivity contribution < 1.29 is 10.1 Å². The predicted octanol–water partition coefficient (Wildman–Crippen LogP) is 3.55. The Morgan fingerprint density at radius 3 is 2.42 bits per heavy atom. The molecule has 5 nitrogen and oxygen atoms in total. The Bertz CT molecular complexity index is 584. The van der Waals surface area contributed by atoms with Gasteiger partial charge in [0.2, 0.25) is 0 Å². The van der Waals surface area contributed by atoms with E-state index in [4.69, 9.17) is 0 Å². The first-order chi connectivity index (χ1) is 9.15. The fourth-order valence-electron chi connectivity index (χ4n) is 2.11. The van der Waals surface area contributed by atoms with E-state index in [1.165, 1.54) is 6.07 Å². The van der Waals surface area contributed by atoms with E-state index in [0.717, 1.165) is 5.56 Å². The maximum absolute atomic E-state index is 10.9. The monoisotopic (exact) mass is 258 g/mol. The van der Waals surface area contributed by atoms with Gasteiger partial charge in [0.05, 0.1) is 4.92 Å². The Hall–Kier alpha value is -2.40. The first-order valence-corrected chi connectivity index (χ1v) is 5.87. The molecule has 19 heavy (non-hydrogen) atoms. The van der Waals surface area contributed by atoms with E-state index in [1.54, 1.807) is 12.1 Å². The third-order valence-electron chi connectivity index (χ3n) is 3.15. The number of rotatable bonds is 4. The van der Waals surface area contributed by atoms with Gasteiger partial charge < -0.3 is 0 Å². The van der Waals surface area contributed by atoms with Crippen LogP contribution < -0.4 is 5.48 Å². The lowest BCUT2D eigenvalue weighted by Gasteiger charge is -2.16. The topological polar surface area (TPSA) is 75.4 Å². The molecule has 0 saturated heterocycles. The molecule has 0 aromatic heterocycles. The summed E-state index contributed by atoms with van der Waals surface area (Å²) in [4.78, 5) is 10.4. The number of nitrogens with zero attached hydrogens (tertiary/aromatic N) is 1. The molecule has 1 unspecified atom stereocenters. The van der Waals surface area contributed by atoms with E-state index in [-0.39, 0.29) is 17.3 Å². The maximum Gasteiger partial charge on any atom is 0.294 e. The summed E-state index contributed by atoms with van der Waals surface area (Å²) in [6, 6.07) is 14.4. The fraction of sp³-hybridized carbons (Fsp3) is 0.143. The van der Waals surface area contributed by atoms with E-state index < -0.39 is 4.92 Å². The van der Waals surface area contributed by atoms with Crippen LogP contribution in [0.25, 0.3) is 0 Å². The first-order valence-electron chi connectivity index (χ1n) is 5.87. The predicted molar refractivity (Wildman–Crippen MR) is 72.5 cm³/mol. The van der Waals surface area contributed by atoms with Gasteiger partial charge in [-0.25, -0.2) is 0 Å². The molecule has 0 aliphatic rings. The van der Waals surface area contributed by atoms with Crippen molar-refractivity contribution in [2.45, 2.75) is 12.8 Å². The van der Waals surface area contributed by atoms with Gasteiger partial charge in [0.15, 0.2) is 0 Å². The summed E-state index contributed by atoms with van der Waals surface area (Å²) in [5, 5.41) is 20.1. The van der Waals surface area contributed by atoms with Gasteiger partial charge in [-0.15, -0.1) is 0 Å². The smallest absolute Gasteiger partial charge is 0.291 e. The maximum atomic E-state index is 10.9. The molecule has 0 fully saturated rings. The molecular formula is C14H14N2O3. The van der Waals surface area contributed by atoms with Gasteiger partial charge in [-0.1, -0.05) is 49.4 Å². The fourth-order valence-corrected chi connectivity index (χ4v) is 2.11. The normalized spacial score (nSPS) is 11.9. The molecule has 5 heteroatoms. The number of nitro benzene ring substituents is 1. The van der Waals surface area contributed by atoms with Crippen LogP contribution in [0, 0.1) is 10.1 Å². The van der Waals surface area contributed by atoms with Crippen molar-refractivity contribution in [2.75, 3.05) is 5.48 Å². The standard InChI is InChI=1S/C14H14N2O3/c1-10(11-6-3-2-4-7-11)12-8-5-9-13(16(18)19)14(12)15-17/h2-10,15,17H,1H3. The van der Waals surface area contributed by atoms with Gasteiger partial charge >= 0.3 is 0 Å². The molecule has 98 valence electrons. The van der Waals surface area contributed by atoms with Gasteiger partial charge in [-0.3, -0.25) is 20.8 Å². The Balaban J connectivity index is 2.51. The molecule has 0 heterocycles. The number of anilines is 1. The zero-order chi connectivity index (χ0) is 13.8. The highest BCUT2D eigenvalue weighted by Crippen LogP contribution is 2.35. The van der Waals surface area contributed by atoms with Crippen molar-refractivity contribution in [3.8, 4) is 0 Å². The highest BCUT2D eigenvalue weighted by Gasteiger charge is 2.21. The zero-order valence-corrected chi connectivity index (χ0v) is 10.4. The van der Waals surface area contributed by atoms with Crippen LogP contribution in [0.3, 0.4) is 0 Å². The first kappa shape index (κ1) is 13.0. The molecule has 0 saturated carbocycles. The van der Waals surface area contributed by atoms with Gasteiger partial charge in [0, 0.05) is 12.0 Å². The number of nitro groups is 1. The van der Waals surface area contributed by atoms with Crippen LogP contribution in [-0.2, 0) is 0 Å². The Morgan fingerprint density at radius 1 is 1.16 bits per heavy atom. The van der Waals surface area contributed by atoms with Crippen molar-refractivity contribution in [2.24, 2.45) is 0 Å². The molecule has 0 amide bonds. The number of benzene rings is 2. The second-order valence-electron chi connectivity index (χ2n) is 4.24. The van der Waals surface area contributed by atoms with Gasteiger partial charge in [-0.2, -0.15) is 0 Å². The Kier molecular flexibility index (Phi) is 3.77. The van der Waals surface area contributed by atoms with Crippen molar-refractivity contribution in [1.29, 1.82) is 0 Å². The average Bonchev–Trinajstić information content (AvgIpc) is 2.46. The lowest BCUT2D eigenvalue weighted by atomic mass is 9.91. The summed E-state index contributed by atoms with van der Waals surface area (Å²) in [5.74, 6) is -0.0595. The summed E-state index contributed by atoms with van der Waals surface area (Å²) in [6.07, 6.45) is 0. The minimum atomic E-state index is -0.514. The minimum Gasteiger partial charge on any atom is -0.291 e. The van der Waals surface area contributed by atoms with E-state index in [2.05, 4.69) is 0 Å². The summed E-state index contributed by atoms with van der Waals surface area (Å²) in [5.41, 5.74) is 3.67. The van der Waals surface area contributed by atoms with Crippen LogP contribution in [0.4, 0.5) is 11.4 Å². The summed E-state index contributed by atoms with van der Waals surface area (Å²) >= 11 is 0. The molecular weight excluding hydrogens is 244 g/mol. The highest BCUT2D eigenvalue weighted by atomic mass is 16.6. The molecule has 1 atom stereocenters. The lowest BCUT2D eigenvalue weighted by molar-refractivity contribution is -0.384. The molecule has 2 N–H and O–H groups in total. The van der Waals surface area contributed by atoms with Crippen LogP contribution >= 0.6 is 0 Å². The Labute approximate surface area is 110 Å². The van der Waals surface area contributed by atoms with Crippen molar-refractivity contribution in [3.63, 3.8) is 0 Å². The van der Waals surface area contributed by atoms with Crippen molar-refractivity contribution in [1.82, 2.24) is 0 Å². The van der Waals surface area contributed by atoms with Crippen LogP contribution in [0.1, 0.15) is 24.0 Å². The molecule has 2 aromatic rings. The van der Waals surface area contributed by atoms with E-state index in [0.29, 0.717) is 5.56 Å². The van der Waals surface area contributed by atoms with Gasteiger partial charge in [-0.05, 0) is 11.1 Å². The van der Waals surface area contributed by atoms with Gasteiger partial charge in [0.25, 0.3) is 5.69 Å². The SMILES string of the molecule is CC(c1ccccc1)c1cccc([N+](=O)[O-])c1NO. The highest BCUT2D eigenvalue weighted by molar-refractivity contribution is 5.67. The van der Waals surface area contributed by atoms with Crippen LogP contribution in [0.2, 0.25) is 0 Å². The van der Waals surface area contributed by atoms with Crippen LogP contribution in [0.15, 0.2) is 48.5 Å². The van der Waals surface area contributed by atoms with Crippen molar-refractivity contribution in [3.05, 3.63) is 69.8 Å². The second kappa shape index (κ2) is 5.49. The number of nitrogens with one attached hydrogen (secondary N) is 1. The van der Waals surface area contributed by atoms with Gasteiger partial charge in [0.1, 0.15) is 5.69 Å². The quantitative estimate of drug-likeness (QED) is 0.649. The number of hydrogen-bond acceptors (Lipinski definition) is 4. The minimum absolute atomic E-state index is 0.0595.